The van der Waals surface area contributed by atoms with Crippen LogP contribution in [-0.2, 0) is 0 Å². The van der Waals surface area contributed by atoms with E-state index in [4.69, 9.17) is 0 Å². The fraction of sp³-hybridized carbons (Fsp3) is 0.300. The molecule has 0 heterocycles. The fourth-order valence-corrected chi connectivity index (χ4v) is 2.41. The zero-order chi connectivity index (χ0) is 17.5. The molecule has 2 aromatic carbocycles. The molecule has 0 bridgehead atoms. The number of aryl methyl sites for hydroxylation is 1. The van der Waals surface area contributed by atoms with E-state index in [1.165, 1.54) is 0 Å². The van der Waals surface area contributed by atoms with Gasteiger partial charge in [-0.1, -0.05) is 25.5 Å². The van der Waals surface area contributed by atoms with Gasteiger partial charge in [0.15, 0.2) is 0 Å². The third-order valence-electron chi connectivity index (χ3n) is 3.86. The number of anilines is 1. The summed E-state index contributed by atoms with van der Waals surface area (Å²) in [5, 5.41) is 2.86. The number of unbranched alkanes of at least 4 members (excludes halogenated alkanes) is 1. The lowest BCUT2D eigenvalue weighted by molar-refractivity contribution is 0.0792. The normalized spacial score (nSPS) is 10.3. The van der Waals surface area contributed by atoms with Crippen LogP contribution in [0.15, 0.2) is 48.5 Å². The molecule has 24 heavy (non-hydrogen) atoms. The molecule has 0 spiro atoms. The first kappa shape index (κ1) is 17.7. The minimum atomic E-state index is -0.182. The monoisotopic (exact) mass is 324 g/mol. The second-order valence-electron chi connectivity index (χ2n) is 5.98. The summed E-state index contributed by atoms with van der Waals surface area (Å²) in [7, 11) is 1.80. The largest absolute Gasteiger partial charge is 0.342 e. The van der Waals surface area contributed by atoms with Crippen LogP contribution in [0.25, 0.3) is 0 Å². The molecule has 0 radical (unpaired) electrons. The van der Waals surface area contributed by atoms with Gasteiger partial charge in [0.2, 0.25) is 0 Å². The molecule has 0 aliphatic carbocycles. The quantitative estimate of drug-likeness (QED) is 0.869. The van der Waals surface area contributed by atoms with Crippen LogP contribution in [0.2, 0.25) is 0 Å². The van der Waals surface area contributed by atoms with Gasteiger partial charge in [0.05, 0.1) is 0 Å². The molecule has 0 aliphatic heterocycles. The molecule has 0 aromatic heterocycles. The Morgan fingerprint density at radius 1 is 1.04 bits per heavy atom. The van der Waals surface area contributed by atoms with E-state index in [1.54, 1.807) is 36.2 Å². The van der Waals surface area contributed by atoms with Crippen LogP contribution in [0.3, 0.4) is 0 Å². The smallest absolute Gasteiger partial charge is 0.255 e. The summed E-state index contributed by atoms with van der Waals surface area (Å²) in [5.74, 6) is -0.201. The molecule has 2 amide bonds. The first-order valence-electron chi connectivity index (χ1n) is 8.25. The van der Waals surface area contributed by atoms with Crippen molar-refractivity contribution in [1.82, 2.24) is 4.90 Å². The number of hydrogen-bond acceptors (Lipinski definition) is 2. The number of carbonyl (C=O) groups excluding carboxylic acids is 2. The van der Waals surface area contributed by atoms with Crippen LogP contribution >= 0.6 is 0 Å². The summed E-state index contributed by atoms with van der Waals surface area (Å²) in [5.41, 5.74) is 2.98. The molecule has 126 valence electrons. The minimum absolute atomic E-state index is 0.0194. The van der Waals surface area contributed by atoms with Gasteiger partial charge in [0.25, 0.3) is 11.8 Å². The Labute approximate surface area is 143 Å². The predicted molar refractivity (Wildman–Crippen MR) is 97.4 cm³/mol. The lowest BCUT2D eigenvalue weighted by atomic mass is 10.1. The van der Waals surface area contributed by atoms with E-state index < -0.39 is 0 Å². The Morgan fingerprint density at radius 3 is 2.33 bits per heavy atom. The van der Waals surface area contributed by atoms with E-state index in [-0.39, 0.29) is 11.8 Å². The van der Waals surface area contributed by atoms with Crippen LogP contribution in [0.4, 0.5) is 5.69 Å². The third kappa shape index (κ3) is 4.69. The average Bonchev–Trinajstić information content (AvgIpc) is 2.59. The van der Waals surface area contributed by atoms with Crippen molar-refractivity contribution in [2.45, 2.75) is 26.7 Å². The number of nitrogens with zero attached hydrogens (tertiary/aromatic N) is 1. The molecule has 2 aromatic rings. The van der Waals surface area contributed by atoms with Crippen LogP contribution in [-0.4, -0.2) is 30.3 Å². The van der Waals surface area contributed by atoms with Crippen LogP contribution in [0.1, 0.15) is 46.0 Å². The number of benzene rings is 2. The van der Waals surface area contributed by atoms with Crippen LogP contribution < -0.4 is 5.32 Å². The van der Waals surface area contributed by atoms with Crippen molar-refractivity contribution in [2.75, 3.05) is 18.9 Å². The first-order valence-corrected chi connectivity index (χ1v) is 8.25. The molecule has 0 atom stereocenters. The molecule has 0 aliphatic rings. The summed E-state index contributed by atoms with van der Waals surface area (Å²) < 4.78 is 0. The molecule has 0 fully saturated rings. The number of nitrogens with one attached hydrogen (secondary N) is 1. The summed E-state index contributed by atoms with van der Waals surface area (Å²) in [6.07, 6.45) is 2.04. The average molecular weight is 324 g/mol. The fourth-order valence-electron chi connectivity index (χ4n) is 2.41. The Hall–Kier alpha value is -2.62. The Kier molecular flexibility index (Phi) is 6.13. The number of hydrogen-bond donors (Lipinski definition) is 1. The van der Waals surface area contributed by atoms with Gasteiger partial charge in [-0.05, 0) is 55.3 Å². The predicted octanol–water partition coefficient (Wildman–Crippen LogP) is 4.12. The van der Waals surface area contributed by atoms with E-state index >= 15 is 0 Å². The first-order chi connectivity index (χ1) is 11.5. The summed E-state index contributed by atoms with van der Waals surface area (Å²) in [6.45, 7) is 4.82. The highest BCUT2D eigenvalue weighted by Crippen LogP contribution is 2.13. The van der Waals surface area contributed by atoms with Crippen molar-refractivity contribution in [1.29, 1.82) is 0 Å². The van der Waals surface area contributed by atoms with Crippen LogP contribution in [0.5, 0.6) is 0 Å². The van der Waals surface area contributed by atoms with E-state index in [1.807, 2.05) is 31.2 Å². The maximum Gasteiger partial charge on any atom is 0.255 e. The Balaban J connectivity index is 2.03. The van der Waals surface area contributed by atoms with Gasteiger partial charge in [-0.15, -0.1) is 0 Å². The van der Waals surface area contributed by atoms with E-state index in [0.717, 1.165) is 30.6 Å². The summed E-state index contributed by atoms with van der Waals surface area (Å²) in [6, 6.07) is 14.4. The minimum Gasteiger partial charge on any atom is -0.342 e. The highest BCUT2D eigenvalue weighted by Gasteiger charge is 2.12. The molecule has 0 saturated heterocycles. The molecule has 1 N–H and O–H groups in total. The van der Waals surface area contributed by atoms with E-state index in [9.17, 15) is 9.59 Å². The van der Waals surface area contributed by atoms with Gasteiger partial charge in [0, 0.05) is 30.4 Å². The molecular formula is C20H24N2O2. The molecule has 4 heteroatoms. The summed E-state index contributed by atoms with van der Waals surface area (Å²) in [4.78, 5) is 26.3. The topological polar surface area (TPSA) is 49.4 Å². The van der Waals surface area contributed by atoms with Gasteiger partial charge in [-0.2, -0.15) is 0 Å². The van der Waals surface area contributed by atoms with Crippen molar-refractivity contribution in [3.63, 3.8) is 0 Å². The lowest BCUT2D eigenvalue weighted by Crippen LogP contribution is -2.27. The van der Waals surface area contributed by atoms with Gasteiger partial charge < -0.3 is 10.2 Å². The second kappa shape index (κ2) is 8.29. The maximum atomic E-state index is 12.3. The number of amides is 2. The maximum absolute atomic E-state index is 12.3. The Bertz CT molecular complexity index is 708. The number of carbonyl (C=O) groups is 2. The molecule has 2 rings (SSSR count). The van der Waals surface area contributed by atoms with Gasteiger partial charge in [0.1, 0.15) is 0 Å². The van der Waals surface area contributed by atoms with E-state index in [0.29, 0.717) is 11.1 Å². The van der Waals surface area contributed by atoms with Crippen molar-refractivity contribution < 1.29 is 9.59 Å². The van der Waals surface area contributed by atoms with Crippen molar-refractivity contribution in [3.05, 3.63) is 65.2 Å². The van der Waals surface area contributed by atoms with Crippen molar-refractivity contribution in [2.24, 2.45) is 0 Å². The standard InChI is InChI=1S/C20H24N2O2/c1-4-5-13-22(3)20(24)17-11-9-16(10-12-17)19(23)21-18-8-6-7-15(2)14-18/h6-12,14H,4-5,13H2,1-3H3,(H,21,23). The van der Waals surface area contributed by atoms with E-state index in [2.05, 4.69) is 12.2 Å². The zero-order valence-electron chi connectivity index (χ0n) is 14.5. The Morgan fingerprint density at radius 2 is 1.71 bits per heavy atom. The molecule has 0 unspecified atom stereocenters. The third-order valence-corrected chi connectivity index (χ3v) is 3.86. The van der Waals surface area contributed by atoms with Gasteiger partial charge in [-0.3, -0.25) is 9.59 Å². The lowest BCUT2D eigenvalue weighted by Gasteiger charge is -2.16. The zero-order valence-corrected chi connectivity index (χ0v) is 14.5. The molecular weight excluding hydrogens is 300 g/mol. The van der Waals surface area contributed by atoms with Crippen LogP contribution in [0, 0.1) is 6.92 Å². The molecule has 4 nitrogen and oxygen atoms in total. The highest BCUT2D eigenvalue weighted by molar-refractivity contribution is 6.05. The highest BCUT2D eigenvalue weighted by atomic mass is 16.2. The number of rotatable bonds is 6. The van der Waals surface area contributed by atoms with Gasteiger partial charge >= 0.3 is 0 Å². The van der Waals surface area contributed by atoms with Gasteiger partial charge in [-0.25, -0.2) is 0 Å². The van der Waals surface area contributed by atoms with Crippen molar-refractivity contribution in [3.8, 4) is 0 Å². The van der Waals surface area contributed by atoms with Crippen molar-refractivity contribution >= 4 is 17.5 Å². The second-order valence-corrected chi connectivity index (χ2v) is 5.98. The SMILES string of the molecule is CCCCN(C)C(=O)c1ccc(C(=O)Nc2cccc(C)c2)cc1. The molecule has 0 saturated carbocycles. The summed E-state index contributed by atoms with van der Waals surface area (Å²) >= 11 is 0.